The van der Waals surface area contributed by atoms with E-state index in [1.54, 1.807) is 24.3 Å². The molecule has 1 heterocycles. The summed E-state index contributed by atoms with van der Waals surface area (Å²) in [6.45, 7) is 0. The predicted octanol–water partition coefficient (Wildman–Crippen LogP) is 3.06. The number of hydrogen-bond donors (Lipinski definition) is 1. The number of amides is 2. The first kappa shape index (κ1) is 16.7. The highest BCUT2D eigenvalue weighted by atomic mass is 127. The van der Waals surface area contributed by atoms with E-state index in [0.717, 1.165) is 3.57 Å². The number of halogens is 1. The molecule has 0 saturated carbocycles. The van der Waals surface area contributed by atoms with E-state index in [0.29, 0.717) is 11.4 Å². The first-order valence-electron chi connectivity index (χ1n) is 7.10. The van der Waals surface area contributed by atoms with Crippen LogP contribution in [-0.2, 0) is 9.59 Å². The van der Waals surface area contributed by atoms with E-state index in [1.165, 1.54) is 11.1 Å². The molecule has 0 unspecified atom stereocenters. The van der Waals surface area contributed by atoms with Gasteiger partial charge in [-0.3, -0.25) is 19.5 Å². The van der Waals surface area contributed by atoms with Crippen molar-refractivity contribution in [1.29, 1.82) is 0 Å². The van der Waals surface area contributed by atoms with Crippen molar-refractivity contribution in [3.8, 4) is 0 Å². The maximum Gasteiger partial charge on any atom is 0.251 e. The van der Waals surface area contributed by atoms with Crippen LogP contribution < -0.4 is 10.2 Å². The SMILES string of the molecule is O=C1NC(=S)N(c2ccccc2)C(=O)[C@H]1C=Nc1cccc(I)c1. The Morgan fingerprint density at radius 3 is 2.58 bits per heavy atom. The van der Waals surface area contributed by atoms with E-state index >= 15 is 0 Å². The van der Waals surface area contributed by atoms with Crippen molar-refractivity contribution in [3.05, 3.63) is 58.2 Å². The third-order valence-corrected chi connectivity index (χ3v) is 4.35. The standard InChI is InChI=1S/C17H12IN3O2S/c18-11-5-4-6-12(9-11)19-10-14-15(22)20-17(24)21(16(14)23)13-7-2-1-3-8-13/h1-10,14H,(H,20,22,24)/t14-/m0/s1. The van der Waals surface area contributed by atoms with Crippen molar-refractivity contribution >= 4 is 69.3 Å². The van der Waals surface area contributed by atoms with Crippen molar-refractivity contribution in [2.24, 2.45) is 10.9 Å². The summed E-state index contributed by atoms with van der Waals surface area (Å²) in [6, 6.07) is 16.4. The van der Waals surface area contributed by atoms with Gasteiger partial charge in [-0.2, -0.15) is 0 Å². The van der Waals surface area contributed by atoms with E-state index in [2.05, 4.69) is 32.9 Å². The van der Waals surface area contributed by atoms with Crippen LogP contribution in [0.1, 0.15) is 0 Å². The lowest BCUT2D eigenvalue weighted by molar-refractivity contribution is -0.130. The summed E-state index contributed by atoms with van der Waals surface area (Å²) >= 11 is 7.31. The summed E-state index contributed by atoms with van der Waals surface area (Å²) in [7, 11) is 0. The number of para-hydroxylation sites is 1. The highest BCUT2D eigenvalue weighted by molar-refractivity contribution is 14.1. The molecule has 1 saturated heterocycles. The number of aliphatic imine (C=N–C) groups is 1. The topological polar surface area (TPSA) is 61.8 Å². The Bertz CT molecular complexity index is 839. The van der Waals surface area contributed by atoms with Crippen LogP contribution >= 0.6 is 34.8 Å². The number of nitrogens with zero attached hydrogens (tertiary/aromatic N) is 2. The summed E-state index contributed by atoms with van der Waals surface area (Å²) in [4.78, 5) is 30.4. The molecular formula is C17H12IN3O2S. The van der Waals surface area contributed by atoms with Crippen LogP contribution in [-0.4, -0.2) is 23.1 Å². The minimum absolute atomic E-state index is 0.0788. The van der Waals surface area contributed by atoms with Crippen molar-refractivity contribution in [3.63, 3.8) is 0 Å². The van der Waals surface area contributed by atoms with Gasteiger partial charge in [0.05, 0.1) is 11.4 Å². The number of carbonyl (C=O) groups excluding carboxylic acids is 2. The fourth-order valence-corrected chi connectivity index (χ4v) is 3.08. The average molecular weight is 449 g/mol. The quantitative estimate of drug-likeness (QED) is 0.339. The highest BCUT2D eigenvalue weighted by Crippen LogP contribution is 2.21. The minimum Gasteiger partial charge on any atom is -0.301 e. The Morgan fingerprint density at radius 1 is 1.12 bits per heavy atom. The van der Waals surface area contributed by atoms with Crippen molar-refractivity contribution < 1.29 is 9.59 Å². The number of nitrogens with one attached hydrogen (secondary N) is 1. The first-order chi connectivity index (χ1) is 11.6. The van der Waals surface area contributed by atoms with Crippen LogP contribution in [0.5, 0.6) is 0 Å². The molecule has 1 atom stereocenters. The van der Waals surface area contributed by atoms with E-state index in [1.807, 2.05) is 30.3 Å². The van der Waals surface area contributed by atoms with E-state index in [-0.39, 0.29) is 5.11 Å². The molecule has 2 aromatic rings. The summed E-state index contributed by atoms with van der Waals surface area (Å²) in [5.74, 6) is -1.90. The highest BCUT2D eigenvalue weighted by Gasteiger charge is 2.38. The van der Waals surface area contributed by atoms with Crippen LogP contribution in [0.3, 0.4) is 0 Å². The summed E-state index contributed by atoms with van der Waals surface area (Å²) < 4.78 is 1.02. The Hall–Kier alpha value is -2.13. The minimum atomic E-state index is -1.02. The van der Waals surface area contributed by atoms with Gasteiger partial charge in [0.2, 0.25) is 5.91 Å². The zero-order chi connectivity index (χ0) is 17.1. The zero-order valence-electron chi connectivity index (χ0n) is 12.3. The molecular weight excluding hydrogens is 437 g/mol. The van der Waals surface area contributed by atoms with Gasteiger partial charge >= 0.3 is 0 Å². The molecule has 3 rings (SSSR count). The molecule has 0 bridgehead atoms. The van der Waals surface area contributed by atoms with Crippen LogP contribution in [0.15, 0.2) is 59.6 Å². The van der Waals surface area contributed by atoms with Gasteiger partial charge in [0.25, 0.3) is 5.91 Å². The lowest BCUT2D eigenvalue weighted by Crippen LogP contribution is -2.58. The second-order valence-electron chi connectivity index (χ2n) is 5.04. The molecule has 2 amide bonds. The van der Waals surface area contributed by atoms with Crippen LogP contribution in [0.4, 0.5) is 11.4 Å². The molecule has 0 aromatic heterocycles. The fourth-order valence-electron chi connectivity index (χ4n) is 2.26. The maximum atomic E-state index is 12.7. The third-order valence-electron chi connectivity index (χ3n) is 3.40. The van der Waals surface area contributed by atoms with Crippen LogP contribution in [0, 0.1) is 9.49 Å². The lowest BCUT2D eigenvalue weighted by Gasteiger charge is -2.30. The number of carbonyl (C=O) groups is 2. The van der Waals surface area contributed by atoms with Gasteiger partial charge < -0.3 is 5.32 Å². The Morgan fingerprint density at radius 2 is 1.88 bits per heavy atom. The molecule has 1 N–H and O–H groups in total. The van der Waals surface area contributed by atoms with Gasteiger partial charge in [-0.1, -0.05) is 24.3 Å². The molecule has 0 radical (unpaired) electrons. The Kier molecular flexibility index (Phi) is 5.00. The number of anilines is 1. The van der Waals surface area contributed by atoms with E-state index < -0.39 is 17.7 Å². The Labute approximate surface area is 157 Å². The van der Waals surface area contributed by atoms with Crippen molar-refractivity contribution in [2.75, 3.05) is 4.90 Å². The number of rotatable bonds is 3. The van der Waals surface area contributed by atoms with Gasteiger partial charge in [0.15, 0.2) is 11.0 Å². The largest absolute Gasteiger partial charge is 0.301 e. The smallest absolute Gasteiger partial charge is 0.251 e. The summed E-state index contributed by atoms with van der Waals surface area (Å²) in [6.07, 6.45) is 1.36. The van der Waals surface area contributed by atoms with E-state index in [4.69, 9.17) is 12.2 Å². The first-order valence-corrected chi connectivity index (χ1v) is 8.58. The maximum absolute atomic E-state index is 12.7. The van der Waals surface area contributed by atoms with Crippen molar-refractivity contribution in [1.82, 2.24) is 5.32 Å². The molecule has 1 aliphatic rings. The lowest BCUT2D eigenvalue weighted by atomic mass is 10.1. The molecule has 2 aromatic carbocycles. The fraction of sp³-hybridized carbons (Fsp3) is 0.0588. The summed E-state index contributed by atoms with van der Waals surface area (Å²) in [5, 5.41) is 2.64. The predicted molar refractivity (Wildman–Crippen MR) is 105 cm³/mol. The third kappa shape index (κ3) is 3.51. The van der Waals surface area contributed by atoms with E-state index in [9.17, 15) is 9.59 Å². The van der Waals surface area contributed by atoms with Gasteiger partial charge in [-0.25, -0.2) is 0 Å². The molecule has 120 valence electrons. The van der Waals surface area contributed by atoms with Gasteiger partial charge in [0, 0.05) is 9.78 Å². The summed E-state index contributed by atoms with van der Waals surface area (Å²) in [5.41, 5.74) is 1.29. The molecule has 1 aliphatic heterocycles. The molecule has 7 heteroatoms. The number of hydrogen-bond acceptors (Lipinski definition) is 4. The van der Waals surface area contributed by atoms with Crippen LogP contribution in [0.2, 0.25) is 0 Å². The normalized spacial score (nSPS) is 18.1. The second-order valence-corrected chi connectivity index (χ2v) is 6.67. The van der Waals surface area contributed by atoms with Gasteiger partial charge in [-0.05, 0) is 65.1 Å². The van der Waals surface area contributed by atoms with Gasteiger partial charge in [-0.15, -0.1) is 0 Å². The number of thiocarbonyl (C=S) groups is 1. The van der Waals surface area contributed by atoms with Crippen LogP contribution in [0.25, 0.3) is 0 Å². The number of benzene rings is 2. The monoisotopic (exact) mass is 449 g/mol. The molecule has 0 aliphatic carbocycles. The second kappa shape index (κ2) is 7.18. The molecule has 0 spiro atoms. The average Bonchev–Trinajstić information content (AvgIpc) is 2.55. The zero-order valence-corrected chi connectivity index (χ0v) is 15.3. The molecule has 1 fully saturated rings. The Balaban J connectivity index is 1.88. The van der Waals surface area contributed by atoms with Crippen molar-refractivity contribution in [2.45, 2.75) is 0 Å². The molecule has 5 nitrogen and oxygen atoms in total. The molecule has 24 heavy (non-hydrogen) atoms. The van der Waals surface area contributed by atoms with Gasteiger partial charge in [0.1, 0.15) is 0 Å².